The molecule has 1 aliphatic heterocycles. The average molecular weight is 443 g/mol. The van der Waals surface area contributed by atoms with Gasteiger partial charge in [-0.1, -0.05) is 36.4 Å². The van der Waals surface area contributed by atoms with Crippen molar-refractivity contribution in [2.75, 3.05) is 19.7 Å². The van der Waals surface area contributed by atoms with Crippen LogP contribution in [-0.4, -0.2) is 41.0 Å². The number of rotatable bonds is 7. The lowest BCUT2D eigenvalue weighted by atomic mass is 9.96. The highest BCUT2D eigenvalue weighted by atomic mass is 16.5. The molecular weight excluding hydrogens is 416 g/mol. The van der Waals surface area contributed by atoms with Gasteiger partial charge in [-0.2, -0.15) is 5.26 Å². The lowest BCUT2D eigenvalue weighted by Gasteiger charge is -2.30. The molecule has 1 saturated heterocycles. The Labute approximate surface area is 192 Å². The van der Waals surface area contributed by atoms with Crippen molar-refractivity contribution >= 4 is 28.8 Å². The molecular formula is C26H26N4O3. The SMILES string of the molecule is N#CC(=Cc1cn(CCOc2ccccc2)c2ccccc12)C(=O)N1CCC(C(N)=O)CC1. The van der Waals surface area contributed by atoms with Gasteiger partial charge in [0, 0.05) is 41.7 Å². The van der Waals surface area contributed by atoms with Crippen LogP contribution in [0.3, 0.4) is 0 Å². The number of carbonyl (C=O) groups is 2. The summed E-state index contributed by atoms with van der Waals surface area (Å²) in [5, 5.41) is 10.7. The summed E-state index contributed by atoms with van der Waals surface area (Å²) in [6.45, 7) is 1.96. The molecule has 2 heterocycles. The molecule has 0 atom stereocenters. The number of likely N-dealkylation sites (tertiary alicyclic amines) is 1. The maximum Gasteiger partial charge on any atom is 0.264 e. The Kier molecular flexibility index (Phi) is 6.75. The molecule has 3 aromatic rings. The smallest absolute Gasteiger partial charge is 0.264 e. The Morgan fingerprint density at radius 3 is 2.48 bits per heavy atom. The molecule has 2 aromatic carbocycles. The van der Waals surface area contributed by atoms with Crippen LogP contribution >= 0.6 is 0 Å². The van der Waals surface area contributed by atoms with E-state index >= 15 is 0 Å². The van der Waals surface area contributed by atoms with E-state index in [9.17, 15) is 14.9 Å². The standard InChI is InChI=1S/C26H26N4O3/c27-17-20(26(32)29-12-10-19(11-13-29)25(28)31)16-21-18-30(24-9-5-4-8-23(21)24)14-15-33-22-6-2-1-3-7-22/h1-9,16,18-19H,10-15H2,(H2,28,31). The molecule has 1 aliphatic rings. The summed E-state index contributed by atoms with van der Waals surface area (Å²) in [6.07, 6.45) is 4.66. The molecule has 2 N–H and O–H groups in total. The molecule has 7 nitrogen and oxygen atoms in total. The second-order valence-electron chi connectivity index (χ2n) is 8.10. The van der Waals surface area contributed by atoms with E-state index in [2.05, 4.69) is 10.6 Å². The third kappa shape index (κ3) is 5.07. The van der Waals surface area contributed by atoms with Crippen molar-refractivity contribution < 1.29 is 14.3 Å². The molecule has 2 amide bonds. The number of amides is 2. The molecule has 0 aliphatic carbocycles. The summed E-state index contributed by atoms with van der Waals surface area (Å²) >= 11 is 0. The van der Waals surface area contributed by atoms with Crippen LogP contribution in [0.4, 0.5) is 0 Å². The second-order valence-corrected chi connectivity index (χ2v) is 8.10. The Balaban J connectivity index is 1.52. The number of nitrogens with two attached hydrogens (primary N) is 1. The highest BCUT2D eigenvalue weighted by molar-refractivity contribution is 6.04. The first-order valence-electron chi connectivity index (χ1n) is 11.0. The van der Waals surface area contributed by atoms with Crippen LogP contribution in [0, 0.1) is 17.2 Å². The maximum atomic E-state index is 13.0. The number of nitriles is 1. The van der Waals surface area contributed by atoms with Gasteiger partial charge >= 0.3 is 0 Å². The number of piperidine rings is 1. The predicted octanol–water partition coefficient (Wildman–Crippen LogP) is 3.35. The van der Waals surface area contributed by atoms with Gasteiger partial charge in [0.1, 0.15) is 24.0 Å². The monoisotopic (exact) mass is 442 g/mol. The van der Waals surface area contributed by atoms with Crippen LogP contribution in [0.2, 0.25) is 0 Å². The van der Waals surface area contributed by atoms with Crippen molar-refractivity contribution in [1.29, 1.82) is 5.26 Å². The zero-order valence-electron chi connectivity index (χ0n) is 18.3. The van der Waals surface area contributed by atoms with E-state index in [0.29, 0.717) is 39.1 Å². The van der Waals surface area contributed by atoms with Crippen molar-refractivity contribution in [1.82, 2.24) is 9.47 Å². The van der Waals surface area contributed by atoms with E-state index in [0.717, 1.165) is 22.2 Å². The van der Waals surface area contributed by atoms with Crippen LogP contribution in [0.5, 0.6) is 5.75 Å². The molecule has 4 rings (SSSR count). The van der Waals surface area contributed by atoms with Crippen LogP contribution in [0.15, 0.2) is 66.4 Å². The Morgan fingerprint density at radius 1 is 1.09 bits per heavy atom. The number of aromatic nitrogens is 1. The molecule has 7 heteroatoms. The van der Waals surface area contributed by atoms with E-state index in [1.807, 2.05) is 60.8 Å². The van der Waals surface area contributed by atoms with Crippen LogP contribution in [-0.2, 0) is 16.1 Å². The number of fused-ring (bicyclic) bond motifs is 1. The van der Waals surface area contributed by atoms with Gasteiger partial charge in [-0.05, 0) is 37.1 Å². The molecule has 0 spiro atoms. The fourth-order valence-electron chi connectivity index (χ4n) is 4.19. The van der Waals surface area contributed by atoms with Gasteiger partial charge < -0.3 is 19.9 Å². The Morgan fingerprint density at radius 2 is 1.79 bits per heavy atom. The number of ether oxygens (including phenoxy) is 1. The van der Waals surface area contributed by atoms with E-state index in [4.69, 9.17) is 10.5 Å². The Hall–Kier alpha value is -4.05. The number of para-hydroxylation sites is 2. The van der Waals surface area contributed by atoms with Gasteiger partial charge in [-0.15, -0.1) is 0 Å². The molecule has 0 unspecified atom stereocenters. The molecule has 0 saturated carbocycles. The number of primary amides is 1. The predicted molar refractivity (Wildman–Crippen MR) is 126 cm³/mol. The van der Waals surface area contributed by atoms with Gasteiger partial charge in [0.25, 0.3) is 5.91 Å². The third-order valence-electron chi connectivity index (χ3n) is 6.00. The first kappa shape index (κ1) is 22.2. The first-order chi connectivity index (χ1) is 16.1. The largest absolute Gasteiger partial charge is 0.492 e. The normalized spacial score (nSPS) is 14.8. The molecule has 1 fully saturated rings. The van der Waals surface area contributed by atoms with E-state index in [1.165, 1.54) is 0 Å². The number of benzene rings is 2. The minimum absolute atomic E-state index is 0.0796. The van der Waals surface area contributed by atoms with E-state index in [-0.39, 0.29) is 23.3 Å². The topological polar surface area (TPSA) is 101 Å². The number of hydrogen-bond acceptors (Lipinski definition) is 4. The van der Waals surface area contributed by atoms with Crippen molar-refractivity contribution in [2.24, 2.45) is 11.7 Å². The average Bonchev–Trinajstić information content (AvgIpc) is 3.20. The first-order valence-corrected chi connectivity index (χ1v) is 11.0. The Bertz CT molecular complexity index is 1220. The van der Waals surface area contributed by atoms with Crippen LogP contribution in [0.25, 0.3) is 17.0 Å². The third-order valence-corrected chi connectivity index (χ3v) is 6.00. The summed E-state index contributed by atoms with van der Waals surface area (Å²) in [5.41, 5.74) is 7.28. The molecule has 1 aromatic heterocycles. The summed E-state index contributed by atoms with van der Waals surface area (Å²) in [4.78, 5) is 26.0. The van der Waals surface area contributed by atoms with E-state index < -0.39 is 0 Å². The van der Waals surface area contributed by atoms with Gasteiger partial charge in [0.2, 0.25) is 5.91 Å². The quantitative estimate of drug-likeness (QED) is 0.448. The lowest BCUT2D eigenvalue weighted by molar-refractivity contribution is -0.131. The second kappa shape index (κ2) is 10.0. The molecule has 0 radical (unpaired) electrons. The van der Waals surface area contributed by atoms with Crippen molar-refractivity contribution in [3.8, 4) is 11.8 Å². The van der Waals surface area contributed by atoms with Gasteiger partial charge in [0.05, 0.1) is 6.54 Å². The fraction of sp³-hybridized carbons (Fsp3) is 0.269. The molecule has 0 bridgehead atoms. The lowest BCUT2D eigenvalue weighted by Crippen LogP contribution is -2.42. The summed E-state index contributed by atoms with van der Waals surface area (Å²) in [6, 6.07) is 19.6. The van der Waals surface area contributed by atoms with Crippen molar-refractivity contribution in [3.63, 3.8) is 0 Å². The minimum atomic E-state index is -0.331. The maximum absolute atomic E-state index is 13.0. The van der Waals surface area contributed by atoms with Crippen LogP contribution < -0.4 is 10.5 Å². The van der Waals surface area contributed by atoms with Gasteiger partial charge in [-0.3, -0.25) is 9.59 Å². The zero-order valence-corrected chi connectivity index (χ0v) is 18.3. The van der Waals surface area contributed by atoms with Crippen molar-refractivity contribution in [3.05, 3.63) is 71.9 Å². The molecule has 33 heavy (non-hydrogen) atoms. The number of nitrogens with zero attached hydrogens (tertiary/aromatic N) is 3. The van der Waals surface area contributed by atoms with Gasteiger partial charge in [-0.25, -0.2) is 0 Å². The highest BCUT2D eigenvalue weighted by Crippen LogP contribution is 2.25. The summed E-state index contributed by atoms with van der Waals surface area (Å²) < 4.78 is 7.90. The molecule has 168 valence electrons. The summed E-state index contributed by atoms with van der Waals surface area (Å²) in [7, 11) is 0. The van der Waals surface area contributed by atoms with Crippen molar-refractivity contribution in [2.45, 2.75) is 19.4 Å². The van der Waals surface area contributed by atoms with Crippen LogP contribution in [0.1, 0.15) is 18.4 Å². The fourth-order valence-corrected chi connectivity index (χ4v) is 4.19. The zero-order chi connectivity index (χ0) is 23.2. The number of hydrogen-bond donors (Lipinski definition) is 1. The summed E-state index contributed by atoms with van der Waals surface area (Å²) in [5.74, 6) is -0.0435. The van der Waals surface area contributed by atoms with Gasteiger partial charge in [0.15, 0.2) is 0 Å². The number of carbonyl (C=O) groups excluding carboxylic acids is 2. The minimum Gasteiger partial charge on any atom is -0.492 e. The van der Waals surface area contributed by atoms with E-state index in [1.54, 1.807) is 11.0 Å². The highest BCUT2D eigenvalue weighted by Gasteiger charge is 2.27.